The van der Waals surface area contributed by atoms with Crippen LogP contribution in [0.1, 0.15) is 39.3 Å². The van der Waals surface area contributed by atoms with Gasteiger partial charge in [0.1, 0.15) is 9.45 Å². The van der Waals surface area contributed by atoms with Crippen molar-refractivity contribution in [2.24, 2.45) is 0 Å². The van der Waals surface area contributed by atoms with Crippen LogP contribution in [0.15, 0.2) is 18.2 Å². The number of fused-ring (bicyclic) bond motifs is 1. The van der Waals surface area contributed by atoms with Crippen LogP contribution in [-0.4, -0.2) is 22.5 Å². The largest absolute Gasteiger partial charge is 0.491 e. The Bertz CT molecular complexity index is 603. The average Bonchev–Trinajstić information content (AvgIpc) is 2.76. The summed E-state index contributed by atoms with van der Waals surface area (Å²) < 4.78 is 14.6. The van der Waals surface area contributed by atoms with Crippen LogP contribution < -0.4 is 4.74 Å². The summed E-state index contributed by atoms with van der Waals surface area (Å²) in [4.78, 5) is 0. The predicted molar refractivity (Wildman–Crippen MR) is 87.1 cm³/mol. The molecule has 0 saturated carbocycles. The second-order valence-corrected chi connectivity index (χ2v) is 6.42. The van der Waals surface area contributed by atoms with E-state index in [2.05, 4.69) is 39.8 Å². The highest BCUT2D eigenvalue weighted by Crippen LogP contribution is 2.31. The monoisotopic (exact) mass is 386 g/mol. The van der Waals surface area contributed by atoms with Crippen molar-refractivity contribution in [2.45, 2.75) is 45.4 Å². The van der Waals surface area contributed by atoms with E-state index in [1.165, 1.54) is 6.42 Å². The third-order valence-corrected chi connectivity index (χ3v) is 4.23. The Morgan fingerprint density at radius 2 is 2.25 bits per heavy atom. The number of rotatable bonds is 3. The summed E-state index contributed by atoms with van der Waals surface area (Å²) >= 11 is 2.28. The van der Waals surface area contributed by atoms with Crippen molar-refractivity contribution in [2.75, 3.05) is 6.61 Å². The van der Waals surface area contributed by atoms with Crippen LogP contribution in [0.3, 0.4) is 0 Å². The molecule has 1 atom stereocenters. The van der Waals surface area contributed by atoms with E-state index in [1.807, 2.05) is 24.6 Å². The van der Waals surface area contributed by atoms with E-state index in [-0.39, 0.29) is 12.3 Å². The van der Waals surface area contributed by atoms with Gasteiger partial charge in [0.25, 0.3) is 0 Å². The van der Waals surface area contributed by atoms with E-state index < -0.39 is 0 Å². The number of ether oxygens (including phenoxy) is 2. The molecule has 1 aliphatic heterocycles. The summed E-state index contributed by atoms with van der Waals surface area (Å²) in [6.45, 7) is 4.90. The number of hydrogen-bond acceptors (Lipinski definition) is 3. The van der Waals surface area contributed by atoms with Crippen molar-refractivity contribution >= 4 is 33.5 Å². The molecule has 2 aromatic rings. The fourth-order valence-electron chi connectivity index (χ4n) is 2.56. The second kappa shape index (κ2) is 5.89. The fourth-order valence-corrected chi connectivity index (χ4v) is 3.23. The van der Waals surface area contributed by atoms with E-state index in [4.69, 9.17) is 9.47 Å². The first-order chi connectivity index (χ1) is 9.65. The summed E-state index contributed by atoms with van der Waals surface area (Å²) in [6, 6.07) is 6.17. The van der Waals surface area contributed by atoms with Gasteiger partial charge in [0.05, 0.1) is 11.6 Å². The highest BCUT2D eigenvalue weighted by molar-refractivity contribution is 14.1. The zero-order valence-corrected chi connectivity index (χ0v) is 14.0. The zero-order valence-electron chi connectivity index (χ0n) is 11.8. The Balaban J connectivity index is 1.98. The minimum absolute atomic E-state index is 0.0756. The fraction of sp³-hybridized carbons (Fsp3) is 0.533. The molecule has 4 nitrogen and oxygen atoms in total. The van der Waals surface area contributed by atoms with Crippen LogP contribution in [0.4, 0.5) is 0 Å². The molecule has 1 fully saturated rings. The Morgan fingerprint density at radius 1 is 1.40 bits per heavy atom. The Morgan fingerprint density at radius 3 is 2.95 bits per heavy atom. The molecule has 0 spiro atoms. The molecule has 1 aliphatic rings. The Labute approximate surface area is 132 Å². The van der Waals surface area contributed by atoms with Crippen molar-refractivity contribution in [3.05, 3.63) is 21.9 Å². The number of hydrogen-bond donors (Lipinski definition) is 0. The van der Waals surface area contributed by atoms with Gasteiger partial charge in [-0.05, 0) is 73.9 Å². The normalized spacial score (nSPS) is 19.7. The summed E-state index contributed by atoms with van der Waals surface area (Å²) in [6.07, 6.45) is 3.65. The van der Waals surface area contributed by atoms with Crippen LogP contribution in [0.5, 0.6) is 5.75 Å². The molecular formula is C15H19IN2O2. The number of aromatic nitrogens is 2. The Hall–Kier alpha value is -0.820. The van der Waals surface area contributed by atoms with Crippen LogP contribution in [-0.2, 0) is 4.74 Å². The average molecular weight is 386 g/mol. The highest BCUT2D eigenvalue weighted by Gasteiger charge is 2.20. The molecule has 1 saturated heterocycles. The molecule has 0 amide bonds. The molecule has 108 valence electrons. The highest BCUT2D eigenvalue weighted by atomic mass is 127. The molecule has 3 rings (SSSR count). The third-order valence-electron chi connectivity index (χ3n) is 3.43. The van der Waals surface area contributed by atoms with Crippen LogP contribution in [0.25, 0.3) is 10.9 Å². The maximum Gasteiger partial charge on any atom is 0.150 e. The van der Waals surface area contributed by atoms with Gasteiger partial charge in [-0.2, -0.15) is 5.10 Å². The van der Waals surface area contributed by atoms with Gasteiger partial charge < -0.3 is 9.47 Å². The number of halogens is 1. The first kappa shape index (κ1) is 14.1. The summed E-state index contributed by atoms with van der Waals surface area (Å²) in [7, 11) is 0. The van der Waals surface area contributed by atoms with Crippen molar-refractivity contribution in [1.29, 1.82) is 0 Å². The number of benzene rings is 1. The van der Waals surface area contributed by atoms with E-state index >= 15 is 0 Å². The predicted octanol–water partition coefficient (Wildman–Crippen LogP) is 4.13. The van der Waals surface area contributed by atoms with Gasteiger partial charge in [-0.3, -0.25) is 0 Å². The quantitative estimate of drug-likeness (QED) is 0.745. The molecule has 0 aliphatic carbocycles. The third kappa shape index (κ3) is 2.79. The molecule has 5 heteroatoms. The second-order valence-electron chi connectivity index (χ2n) is 5.40. The molecule has 1 aromatic heterocycles. The minimum Gasteiger partial charge on any atom is -0.491 e. The summed E-state index contributed by atoms with van der Waals surface area (Å²) in [5, 5.41) is 5.79. The smallest absolute Gasteiger partial charge is 0.150 e. The molecule has 0 N–H and O–H groups in total. The first-order valence-corrected chi connectivity index (χ1v) is 8.19. The lowest BCUT2D eigenvalue weighted by atomic mass is 10.2. The van der Waals surface area contributed by atoms with Crippen molar-refractivity contribution in [3.8, 4) is 5.75 Å². The molecular weight excluding hydrogens is 367 g/mol. The lowest BCUT2D eigenvalue weighted by Gasteiger charge is -2.23. The molecule has 1 aromatic carbocycles. The van der Waals surface area contributed by atoms with Crippen LogP contribution >= 0.6 is 22.6 Å². The minimum atomic E-state index is 0.0756. The maximum atomic E-state index is 5.85. The molecule has 0 bridgehead atoms. The van der Waals surface area contributed by atoms with E-state index in [9.17, 15) is 0 Å². The van der Waals surface area contributed by atoms with Gasteiger partial charge in [-0.15, -0.1) is 0 Å². The summed E-state index contributed by atoms with van der Waals surface area (Å²) in [5.41, 5.74) is 1.12. The molecule has 1 unspecified atom stereocenters. The van der Waals surface area contributed by atoms with E-state index in [1.54, 1.807) is 0 Å². The van der Waals surface area contributed by atoms with E-state index in [0.717, 1.165) is 39.8 Å². The van der Waals surface area contributed by atoms with Crippen molar-refractivity contribution in [3.63, 3.8) is 0 Å². The zero-order chi connectivity index (χ0) is 14.1. The Kier molecular flexibility index (Phi) is 4.16. The first-order valence-electron chi connectivity index (χ1n) is 7.11. The lowest BCUT2D eigenvalue weighted by molar-refractivity contribution is -0.0368. The molecule has 0 radical (unpaired) electrons. The van der Waals surface area contributed by atoms with Crippen molar-refractivity contribution < 1.29 is 9.47 Å². The van der Waals surface area contributed by atoms with E-state index in [0.29, 0.717) is 0 Å². The van der Waals surface area contributed by atoms with Gasteiger partial charge in [-0.25, -0.2) is 4.68 Å². The van der Waals surface area contributed by atoms with Gasteiger partial charge in [0.15, 0.2) is 6.23 Å². The van der Waals surface area contributed by atoms with Gasteiger partial charge in [0, 0.05) is 12.0 Å². The van der Waals surface area contributed by atoms with Gasteiger partial charge in [-0.1, -0.05) is 0 Å². The van der Waals surface area contributed by atoms with Crippen LogP contribution in [0, 0.1) is 3.70 Å². The topological polar surface area (TPSA) is 36.3 Å². The lowest BCUT2D eigenvalue weighted by Crippen LogP contribution is -2.19. The van der Waals surface area contributed by atoms with Gasteiger partial charge in [0.2, 0.25) is 0 Å². The molecule has 20 heavy (non-hydrogen) atoms. The van der Waals surface area contributed by atoms with Crippen molar-refractivity contribution in [1.82, 2.24) is 9.78 Å². The maximum absolute atomic E-state index is 5.85. The molecule has 2 heterocycles. The SMILES string of the molecule is CC(C)Oc1ccc2c(c1)c(I)nn2C1CCCCO1. The summed E-state index contributed by atoms with van der Waals surface area (Å²) in [5.74, 6) is 0.898. The van der Waals surface area contributed by atoms with Crippen LogP contribution in [0.2, 0.25) is 0 Å². The number of nitrogens with zero attached hydrogens (tertiary/aromatic N) is 2. The van der Waals surface area contributed by atoms with Gasteiger partial charge >= 0.3 is 0 Å². The standard InChI is InChI=1S/C15H19IN2O2/c1-10(2)20-11-6-7-13-12(9-11)15(16)17-18(13)14-5-3-4-8-19-14/h6-7,9-10,14H,3-5,8H2,1-2H3.